The molecule has 31 heavy (non-hydrogen) atoms. The molecular weight excluding hydrogens is 412 g/mol. The van der Waals surface area contributed by atoms with Gasteiger partial charge in [0.2, 0.25) is 0 Å². The van der Waals surface area contributed by atoms with Crippen LogP contribution in [0.2, 0.25) is 0 Å². The third kappa shape index (κ3) is 8.06. The Morgan fingerprint density at radius 1 is 1.16 bits per heavy atom. The molecule has 2 amide bonds. The third-order valence-electron chi connectivity index (χ3n) is 3.95. The lowest BCUT2D eigenvalue weighted by molar-refractivity contribution is -0.166. The number of aliphatic hydroxyl groups is 1. The molecule has 5 N–H and O–H groups in total. The SMILES string of the molecule is CC1(C)O[C@@H](C(=O)O)[C@H](C(=O)NC(=O)c2ccccc2)O1.CCOC(=O)[C@H](N)[C@@H](C)O. The number of hydrogen-bond acceptors (Lipinski definition) is 9. The second-order valence-corrected chi connectivity index (χ2v) is 7.02. The Labute approximate surface area is 179 Å². The van der Waals surface area contributed by atoms with Crippen molar-refractivity contribution in [2.75, 3.05) is 6.61 Å². The smallest absolute Gasteiger partial charge is 0.336 e. The fraction of sp³-hybridized carbons (Fsp3) is 0.500. The Balaban J connectivity index is 0.000000407. The van der Waals surface area contributed by atoms with E-state index in [9.17, 15) is 19.2 Å². The van der Waals surface area contributed by atoms with E-state index in [-0.39, 0.29) is 5.56 Å². The van der Waals surface area contributed by atoms with Gasteiger partial charge in [0.25, 0.3) is 11.8 Å². The highest BCUT2D eigenvalue weighted by molar-refractivity contribution is 6.06. The largest absolute Gasteiger partial charge is 0.479 e. The number of imide groups is 1. The molecular formula is C20H28N2O9. The van der Waals surface area contributed by atoms with Crippen molar-refractivity contribution >= 4 is 23.8 Å². The van der Waals surface area contributed by atoms with Gasteiger partial charge in [-0.15, -0.1) is 0 Å². The van der Waals surface area contributed by atoms with Crippen molar-refractivity contribution in [1.82, 2.24) is 5.32 Å². The maximum absolute atomic E-state index is 12.0. The number of carbonyl (C=O) groups excluding carboxylic acids is 3. The number of benzene rings is 1. The molecule has 0 aliphatic carbocycles. The molecule has 4 atom stereocenters. The van der Waals surface area contributed by atoms with Crippen LogP contribution in [0.1, 0.15) is 38.1 Å². The van der Waals surface area contributed by atoms with Crippen molar-refractivity contribution in [1.29, 1.82) is 0 Å². The summed E-state index contributed by atoms with van der Waals surface area (Å²) in [5.41, 5.74) is 5.51. The molecule has 1 aliphatic heterocycles. The number of carboxylic acid groups (broad SMARTS) is 1. The Morgan fingerprint density at radius 2 is 1.71 bits per heavy atom. The van der Waals surface area contributed by atoms with Crippen LogP contribution in [-0.2, 0) is 28.6 Å². The van der Waals surface area contributed by atoms with Gasteiger partial charge in [0.1, 0.15) is 6.04 Å². The van der Waals surface area contributed by atoms with E-state index in [4.69, 9.17) is 25.4 Å². The first-order valence-electron chi connectivity index (χ1n) is 9.48. The van der Waals surface area contributed by atoms with Gasteiger partial charge in [-0.25, -0.2) is 4.79 Å². The van der Waals surface area contributed by atoms with Crippen molar-refractivity contribution in [2.24, 2.45) is 5.73 Å². The van der Waals surface area contributed by atoms with Crippen LogP contribution in [0.25, 0.3) is 0 Å². The van der Waals surface area contributed by atoms with Crippen LogP contribution in [0.4, 0.5) is 0 Å². The summed E-state index contributed by atoms with van der Waals surface area (Å²) < 4.78 is 14.9. The fourth-order valence-corrected chi connectivity index (χ4v) is 2.41. The normalized spacial score (nSPS) is 21.1. The van der Waals surface area contributed by atoms with Gasteiger partial charge < -0.3 is 30.2 Å². The van der Waals surface area contributed by atoms with E-state index in [1.807, 2.05) is 0 Å². The molecule has 0 spiro atoms. The lowest BCUT2D eigenvalue weighted by Gasteiger charge is -2.16. The number of carbonyl (C=O) groups is 4. The first kappa shape index (κ1) is 26.2. The van der Waals surface area contributed by atoms with Crippen molar-refractivity contribution in [3.63, 3.8) is 0 Å². The highest BCUT2D eigenvalue weighted by Gasteiger charge is 2.49. The molecule has 2 rings (SSSR count). The van der Waals surface area contributed by atoms with Crippen LogP contribution in [0, 0.1) is 0 Å². The number of nitrogens with two attached hydrogens (primary N) is 1. The summed E-state index contributed by atoms with van der Waals surface area (Å²) in [6, 6.07) is 7.19. The number of nitrogens with one attached hydrogen (secondary N) is 1. The van der Waals surface area contributed by atoms with Gasteiger partial charge in [-0.05, 0) is 39.8 Å². The van der Waals surface area contributed by atoms with E-state index in [2.05, 4.69) is 10.1 Å². The van der Waals surface area contributed by atoms with Crippen LogP contribution in [-0.4, -0.2) is 70.7 Å². The van der Waals surface area contributed by atoms with Gasteiger partial charge in [-0.3, -0.25) is 19.7 Å². The average Bonchev–Trinajstić information content (AvgIpc) is 3.04. The number of rotatable bonds is 6. The molecule has 0 unspecified atom stereocenters. The number of aliphatic hydroxyl groups excluding tert-OH is 1. The van der Waals surface area contributed by atoms with Gasteiger partial charge in [-0.2, -0.15) is 0 Å². The summed E-state index contributed by atoms with van der Waals surface area (Å²) >= 11 is 0. The molecule has 1 fully saturated rings. The Kier molecular flexibility index (Phi) is 9.72. The van der Waals surface area contributed by atoms with Gasteiger partial charge >= 0.3 is 11.9 Å². The van der Waals surface area contributed by atoms with E-state index >= 15 is 0 Å². The molecule has 1 aromatic carbocycles. The summed E-state index contributed by atoms with van der Waals surface area (Å²) in [6.45, 7) is 6.41. The zero-order valence-corrected chi connectivity index (χ0v) is 17.7. The lowest BCUT2D eigenvalue weighted by atomic mass is 10.1. The van der Waals surface area contributed by atoms with Crippen LogP contribution >= 0.6 is 0 Å². The van der Waals surface area contributed by atoms with E-state index in [1.54, 1.807) is 25.1 Å². The number of amides is 2. The van der Waals surface area contributed by atoms with Crippen LogP contribution in [0.15, 0.2) is 30.3 Å². The number of carboxylic acids is 1. The van der Waals surface area contributed by atoms with E-state index in [0.29, 0.717) is 6.61 Å². The van der Waals surface area contributed by atoms with Crippen molar-refractivity contribution in [2.45, 2.75) is 57.8 Å². The molecule has 1 aliphatic rings. The van der Waals surface area contributed by atoms with Crippen LogP contribution in [0.3, 0.4) is 0 Å². The van der Waals surface area contributed by atoms with Crippen LogP contribution in [0.5, 0.6) is 0 Å². The maximum Gasteiger partial charge on any atom is 0.336 e. The number of aliphatic carboxylic acids is 1. The van der Waals surface area contributed by atoms with E-state index in [0.717, 1.165) is 0 Å². The molecule has 0 radical (unpaired) electrons. The van der Waals surface area contributed by atoms with E-state index < -0.39 is 53.9 Å². The predicted molar refractivity (Wildman–Crippen MR) is 107 cm³/mol. The summed E-state index contributed by atoms with van der Waals surface area (Å²) in [4.78, 5) is 45.7. The minimum Gasteiger partial charge on any atom is -0.479 e. The molecule has 11 heteroatoms. The number of ether oxygens (including phenoxy) is 3. The highest BCUT2D eigenvalue weighted by atomic mass is 16.8. The molecule has 0 bridgehead atoms. The fourth-order valence-electron chi connectivity index (χ4n) is 2.41. The molecule has 0 saturated carbocycles. The van der Waals surface area contributed by atoms with Gasteiger partial charge in [0.15, 0.2) is 18.0 Å². The van der Waals surface area contributed by atoms with Crippen molar-refractivity contribution < 1.29 is 43.6 Å². The minimum atomic E-state index is -1.46. The average molecular weight is 440 g/mol. The molecule has 1 aromatic rings. The monoisotopic (exact) mass is 440 g/mol. The zero-order valence-electron chi connectivity index (χ0n) is 17.7. The lowest BCUT2D eigenvalue weighted by Crippen LogP contribution is -2.46. The summed E-state index contributed by atoms with van der Waals surface area (Å²) in [6.07, 6.45) is -3.69. The highest BCUT2D eigenvalue weighted by Crippen LogP contribution is 2.28. The quantitative estimate of drug-likeness (QED) is 0.343. The standard InChI is InChI=1S/C14H15NO6.C6H13NO3/c1-14(2)20-9(10(21-14)13(18)19)12(17)15-11(16)8-6-4-3-5-7-8;1-3-10-6(9)5(7)4(2)8/h3-7,9-10H,1-2H3,(H,18,19)(H,15,16,17);4-5,8H,3,7H2,1-2H3/t9-,10-;4-,5-/m11/s1. The third-order valence-corrected chi connectivity index (χ3v) is 3.95. The predicted octanol–water partition coefficient (Wildman–Crippen LogP) is -0.195. The zero-order chi connectivity index (χ0) is 23.8. The summed E-state index contributed by atoms with van der Waals surface area (Å²) in [7, 11) is 0. The van der Waals surface area contributed by atoms with E-state index in [1.165, 1.54) is 32.9 Å². The molecule has 1 heterocycles. The Bertz CT molecular complexity index is 780. The number of hydrogen-bond donors (Lipinski definition) is 4. The molecule has 1 saturated heterocycles. The first-order valence-corrected chi connectivity index (χ1v) is 9.48. The van der Waals surface area contributed by atoms with Crippen molar-refractivity contribution in [3.05, 3.63) is 35.9 Å². The van der Waals surface area contributed by atoms with Crippen molar-refractivity contribution in [3.8, 4) is 0 Å². The minimum absolute atomic E-state index is 0.288. The molecule has 11 nitrogen and oxygen atoms in total. The second kappa shape index (κ2) is 11.5. The summed E-state index contributed by atoms with van der Waals surface area (Å²) in [5.74, 6) is -4.56. The van der Waals surface area contributed by atoms with Gasteiger partial charge in [0, 0.05) is 5.56 Å². The van der Waals surface area contributed by atoms with Crippen LogP contribution < -0.4 is 11.1 Å². The van der Waals surface area contributed by atoms with Gasteiger partial charge in [0.05, 0.1) is 12.7 Å². The Hall–Kier alpha value is -2.86. The van der Waals surface area contributed by atoms with Gasteiger partial charge in [-0.1, -0.05) is 18.2 Å². The number of esters is 1. The first-order chi connectivity index (χ1) is 14.4. The topological polar surface area (TPSA) is 174 Å². The summed E-state index contributed by atoms with van der Waals surface area (Å²) in [5, 5.41) is 20.0. The Morgan fingerprint density at radius 3 is 2.19 bits per heavy atom. The molecule has 0 aromatic heterocycles. The molecule has 172 valence electrons. The second-order valence-electron chi connectivity index (χ2n) is 7.02. The maximum atomic E-state index is 12.0.